The second kappa shape index (κ2) is 4.28. The number of hydrogen-bond donors (Lipinski definition) is 1. The number of piperidine rings is 1. The van der Waals surface area contributed by atoms with Crippen LogP contribution in [-0.2, 0) is 0 Å². The fraction of sp³-hybridized carbons (Fsp3) is 0.333. The Morgan fingerprint density at radius 1 is 0.882 bits per heavy atom. The van der Waals surface area contributed by atoms with Crippen molar-refractivity contribution in [3.63, 3.8) is 0 Å². The van der Waals surface area contributed by atoms with E-state index in [9.17, 15) is 5.11 Å². The SMILES string of the molecule is Oc1ccc2ccccc2c1N1CCCCC1. The molecule has 0 unspecified atom stereocenters. The highest BCUT2D eigenvalue weighted by molar-refractivity contribution is 5.97. The minimum Gasteiger partial charge on any atom is -0.506 e. The Hall–Kier alpha value is -1.70. The summed E-state index contributed by atoms with van der Waals surface area (Å²) in [6.45, 7) is 2.11. The van der Waals surface area contributed by atoms with E-state index in [1.807, 2.05) is 24.3 Å². The maximum Gasteiger partial charge on any atom is 0.139 e. The second-order valence-corrected chi connectivity index (χ2v) is 4.70. The van der Waals surface area contributed by atoms with Crippen LogP contribution in [0.4, 0.5) is 5.69 Å². The maximum atomic E-state index is 10.1. The average molecular weight is 227 g/mol. The Bertz CT molecular complexity index is 529. The molecule has 1 heterocycles. The summed E-state index contributed by atoms with van der Waals surface area (Å²) in [6, 6.07) is 12.1. The van der Waals surface area contributed by atoms with Crippen LogP contribution in [0, 0.1) is 0 Å². The number of aromatic hydroxyl groups is 1. The van der Waals surface area contributed by atoms with Gasteiger partial charge in [0.1, 0.15) is 5.75 Å². The monoisotopic (exact) mass is 227 g/mol. The van der Waals surface area contributed by atoms with Gasteiger partial charge in [-0.3, -0.25) is 0 Å². The molecule has 1 aliphatic heterocycles. The van der Waals surface area contributed by atoms with E-state index in [1.54, 1.807) is 0 Å². The van der Waals surface area contributed by atoms with Gasteiger partial charge in [-0.15, -0.1) is 0 Å². The molecule has 1 N–H and O–H groups in total. The molecule has 0 spiro atoms. The number of hydrogen-bond acceptors (Lipinski definition) is 2. The molecule has 0 bridgehead atoms. The Morgan fingerprint density at radius 2 is 1.65 bits per heavy atom. The first-order valence-electron chi connectivity index (χ1n) is 6.32. The number of nitrogens with zero attached hydrogens (tertiary/aromatic N) is 1. The number of phenols is 1. The molecule has 0 aromatic heterocycles. The zero-order valence-corrected chi connectivity index (χ0v) is 9.89. The predicted molar refractivity (Wildman–Crippen MR) is 71.7 cm³/mol. The quantitative estimate of drug-likeness (QED) is 0.805. The minimum atomic E-state index is 0.408. The van der Waals surface area contributed by atoms with Crippen molar-refractivity contribution in [2.45, 2.75) is 19.3 Å². The van der Waals surface area contributed by atoms with Crippen LogP contribution in [0.25, 0.3) is 10.8 Å². The summed E-state index contributed by atoms with van der Waals surface area (Å²) in [4.78, 5) is 2.32. The molecule has 2 aromatic carbocycles. The highest BCUT2D eigenvalue weighted by Crippen LogP contribution is 2.36. The van der Waals surface area contributed by atoms with Gasteiger partial charge in [0.25, 0.3) is 0 Å². The van der Waals surface area contributed by atoms with Crippen molar-refractivity contribution < 1.29 is 5.11 Å². The minimum absolute atomic E-state index is 0.408. The van der Waals surface area contributed by atoms with Crippen molar-refractivity contribution in [3.8, 4) is 5.75 Å². The van der Waals surface area contributed by atoms with Gasteiger partial charge in [0, 0.05) is 18.5 Å². The summed E-state index contributed by atoms with van der Waals surface area (Å²) in [7, 11) is 0. The van der Waals surface area contributed by atoms with E-state index in [1.165, 1.54) is 24.6 Å². The van der Waals surface area contributed by atoms with Crippen molar-refractivity contribution >= 4 is 16.5 Å². The Kier molecular flexibility index (Phi) is 2.63. The van der Waals surface area contributed by atoms with Crippen LogP contribution >= 0.6 is 0 Å². The molecule has 1 fully saturated rings. The molecule has 0 aliphatic carbocycles. The molecular formula is C15H17NO. The summed E-state index contributed by atoms with van der Waals surface area (Å²) in [5, 5.41) is 12.5. The van der Waals surface area contributed by atoms with Crippen molar-refractivity contribution in [3.05, 3.63) is 36.4 Å². The van der Waals surface area contributed by atoms with Gasteiger partial charge < -0.3 is 10.0 Å². The summed E-state index contributed by atoms with van der Waals surface area (Å²) in [6.07, 6.45) is 3.76. The first kappa shape index (κ1) is 10.5. The van der Waals surface area contributed by atoms with Crippen molar-refractivity contribution in [1.82, 2.24) is 0 Å². The molecule has 0 amide bonds. The van der Waals surface area contributed by atoms with Crippen LogP contribution in [0.1, 0.15) is 19.3 Å². The van der Waals surface area contributed by atoms with Crippen molar-refractivity contribution in [2.75, 3.05) is 18.0 Å². The lowest BCUT2D eigenvalue weighted by Crippen LogP contribution is -2.29. The van der Waals surface area contributed by atoms with E-state index in [0.29, 0.717) is 5.75 Å². The van der Waals surface area contributed by atoms with Gasteiger partial charge in [0.15, 0.2) is 0 Å². The standard InChI is InChI=1S/C15H17NO/c17-14-9-8-12-6-2-3-7-13(12)15(14)16-10-4-1-5-11-16/h2-3,6-9,17H,1,4-5,10-11H2. The van der Waals surface area contributed by atoms with Crippen LogP contribution in [-0.4, -0.2) is 18.2 Å². The number of rotatable bonds is 1. The molecule has 88 valence electrons. The number of fused-ring (bicyclic) bond motifs is 1. The van der Waals surface area contributed by atoms with Gasteiger partial charge in [-0.05, 0) is 30.7 Å². The normalized spacial score (nSPS) is 16.4. The molecule has 0 atom stereocenters. The largest absolute Gasteiger partial charge is 0.506 e. The summed E-state index contributed by atoms with van der Waals surface area (Å²) < 4.78 is 0. The second-order valence-electron chi connectivity index (χ2n) is 4.70. The van der Waals surface area contributed by atoms with Crippen LogP contribution in [0.5, 0.6) is 5.75 Å². The summed E-state index contributed by atoms with van der Waals surface area (Å²) in [5.74, 6) is 0.408. The van der Waals surface area contributed by atoms with E-state index in [-0.39, 0.29) is 0 Å². The molecule has 2 aromatic rings. The average Bonchev–Trinajstić information content (AvgIpc) is 2.39. The Labute approximate surface area is 101 Å². The molecule has 1 saturated heterocycles. The van der Waals surface area contributed by atoms with Crippen LogP contribution in [0.15, 0.2) is 36.4 Å². The van der Waals surface area contributed by atoms with Crippen molar-refractivity contribution in [2.24, 2.45) is 0 Å². The fourth-order valence-electron chi connectivity index (χ4n) is 2.69. The maximum absolute atomic E-state index is 10.1. The molecule has 0 radical (unpaired) electrons. The fourth-order valence-corrected chi connectivity index (χ4v) is 2.69. The van der Waals surface area contributed by atoms with E-state index >= 15 is 0 Å². The highest BCUT2D eigenvalue weighted by Gasteiger charge is 2.16. The van der Waals surface area contributed by atoms with E-state index in [4.69, 9.17) is 0 Å². The molecular weight excluding hydrogens is 210 g/mol. The van der Waals surface area contributed by atoms with Gasteiger partial charge in [-0.1, -0.05) is 30.3 Å². The number of anilines is 1. The molecule has 1 aliphatic rings. The smallest absolute Gasteiger partial charge is 0.139 e. The molecule has 17 heavy (non-hydrogen) atoms. The zero-order valence-electron chi connectivity index (χ0n) is 9.89. The van der Waals surface area contributed by atoms with Gasteiger partial charge in [-0.2, -0.15) is 0 Å². The van der Waals surface area contributed by atoms with Gasteiger partial charge in [0.2, 0.25) is 0 Å². The predicted octanol–water partition coefficient (Wildman–Crippen LogP) is 3.54. The topological polar surface area (TPSA) is 23.5 Å². The first-order chi connectivity index (χ1) is 8.36. The molecule has 2 heteroatoms. The third-order valence-electron chi connectivity index (χ3n) is 3.55. The lowest BCUT2D eigenvalue weighted by atomic mass is 10.0. The van der Waals surface area contributed by atoms with E-state index in [0.717, 1.165) is 24.2 Å². The Balaban J connectivity index is 2.15. The van der Waals surface area contributed by atoms with Crippen LogP contribution in [0.2, 0.25) is 0 Å². The lowest BCUT2D eigenvalue weighted by molar-refractivity contribution is 0.470. The third kappa shape index (κ3) is 1.84. The van der Waals surface area contributed by atoms with Crippen LogP contribution in [0.3, 0.4) is 0 Å². The molecule has 2 nitrogen and oxygen atoms in total. The highest BCUT2D eigenvalue weighted by atomic mass is 16.3. The summed E-state index contributed by atoms with van der Waals surface area (Å²) in [5.41, 5.74) is 1.02. The van der Waals surface area contributed by atoms with Crippen molar-refractivity contribution in [1.29, 1.82) is 0 Å². The number of phenolic OH excluding ortho intramolecular Hbond substituents is 1. The number of benzene rings is 2. The third-order valence-corrected chi connectivity index (χ3v) is 3.55. The Morgan fingerprint density at radius 3 is 2.47 bits per heavy atom. The van der Waals surface area contributed by atoms with Gasteiger partial charge in [-0.25, -0.2) is 0 Å². The van der Waals surface area contributed by atoms with Crippen LogP contribution < -0.4 is 4.90 Å². The zero-order chi connectivity index (χ0) is 11.7. The summed E-state index contributed by atoms with van der Waals surface area (Å²) >= 11 is 0. The van der Waals surface area contributed by atoms with E-state index < -0.39 is 0 Å². The molecule has 3 rings (SSSR count). The first-order valence-corrected chi connectivity index (χ1v) is 6.32. The molecule has 0 saturated carbocycles. The van der Waals surface area contributed by atoms with E-state index in [2.05, 4.69) is 17.0 Å². The lowest BCUT2D eigenvalue weighted by Gasteiger charge is -2.30. The van der Waals surface area contributed by atoms with Gasteiger partial charge in [0.05, 0.1) is 5.69 Å². The van der Waals surface area contributed by atoms with Gasteiger partial charge >= 0.3 is 0 Å².